The van der Waals surface area contributed by atoms with Gasteiger partial charge in [0, 0.05) is 11.3 Å². The van der Waals surface area contributed by atoms with E-state index < -0.39 is 17.8 Å². The Morgan fingerprint density at radius 2 is 1.85 bits per heavy atom. The number of nitrogens with one attached hydrogen (secondary N) is 2. The molecule has 1 aliphatic carbocycles. The zero-order valence-corrected chi connectivity index (χ0v) is 20.2. The van der Waals surface area contributed by atoms with Gasteiger partial charge in [0.15, 0.2) is 5.11 Å². The molecule has 176 valence electrons. The second-order valence-corrected chi connectivity index (χ2v) is 9.23. The quantitative estimate of drug-likeness (QED) is 0.311. The molecule has 0 aliphatic heterocycles. The minimum absolute atomic E-state index is 0.0273. The topological polar surface area (TPSA) is 93.7 Å². The molecule has 33 heavy (non-hydrogen) atoms. The van der Waals surface area contributed by atoms with Crippen molar-refractivity contribution >= 4 is 51.5 Å². The number of carbonyl (C=O) groups is 3. The van der Waals surface area contributed by atoms with Gasteiger partial charge in [-0.1, -0.05) is 30.3 Å². The van der Waals surface area contributed by atoms with E-state index in [9.17, 15) is 14.4 Å². The van der Waals surface area contributed by atoms with Gasteiger partial charge in [0.1, 0.15) is 5.00 Å². The van der Waals surface area contributed by atoms with Crippen LogP contribution in [0.25, 0.3) is 0 Å². The summed E-state index contributed by atoms with van der Waals surface area (Å²) in [5, 5.41) is 6.19. The Labute approximate surface area is 202 Å². The summed E-state index contributed by atoms with van der Waals surface area (Å²) in [5.41, 5.74) is 2.69. The van der Waals surface area contributed by atoms with Gasteiger partial charge in [-0.3, -0.25) is 9.59 Å². The Morgan fingerprint density at radius 1 is 1.09 bits per heavy atom. The smallest absolute Gasteiger partial charge is 0.341 e. The summed E-state index contributed by atoms with van der Waals surface area (Å²) >= 11 is 6.71. The number of hydrogen-bond donors (Lipinski definition) is 2. The number of fused-ring (bicyclic) bond motifs is 1. The van der Waals surface area contributed by atoms with E-state index in [1.807, 2.05) is 30.3 Å². The highest BCUT2D eigenvalue weighted by atomic mass is 32.1. The van der Waals surface area contributed by atoms with Crippen LogP contribution >= 0.6 is 23.6 Å². The molecule has 1 aromatic heterocycles. The van der Waals surface area contributed by atoms with E-state index >= 15 is 0 Å². The summed E-state index contributed by atoms with van der Waals surface area (Å²) in [4.78, 5) is 37.5. The summed E-state index contributed by atoms with van der Waals surface area (Å²) in [6.45, 7) is 0.314. The molecule has 0 fully saturated rings. The number of amides is 1. The zero-order valence-electron chi connectivity index (χ0n) is 18.6. The Hall–Kier alpha value is -2.78. The first-order valence-electron chi connectivity index (χ1n) is 11.0. The van der Waals surface area contributed by atoms with Crippen molar-refractivity contribution in [3.05, 3.63) is 51.9 Å². The molecular weight excluding hydrogens is 460 g/mol. The number of aryl methyl sites for hydroxylation is 2. The lowest BCUT2D eigenvalue weighted by Gasteiger charge is -2.12. The maximum atomic E-state index is 12.3. The molecule has 1 aliphatic rings. The SMILES string of the molecule is COC(=O)c1c(NC(=S)NC(=O)CCC(=O)OCCCc2ccccc2)sc2c1CCCC2. The van der Waals surface area contributed by atoms with Gasteiger partial charge in [-0.05, 0) is 61.9 Å². The first kappa shape index (κ1) is 24.9. The molecule has 0 saturated carbocycles. The van der Waals surface area contributed by atoms with Crippen LogP contribution in [0, 0.1) is 0 Å². The number of carbonyl (C=O) groups excluding carboxylic acids is 3. The maximum absolute atomic E-state index is 12.3. The van der Waals surface area contributed by atoms with Crippen LogP contribution in [0.15, 0.2) is 30.3 Å². The normalized spacial score (nSPS) is 12.4. The Bertz CT molecular complexity index is 1000. The van der Waals surface area contributed by atoms with Crippen LogP contribution in [-0.2, 0) is 38.3 Å². The summed E-state index contributed by atoms with van der Waals surface area (Å²) < 4.78 is 10.1. The van der Waals surface area contributed by atoms with Gasteiger partial charge < -0.3 is 20.1 Å². The van der Waals surface area contributed by atoms with Crippen molar-refractivity contribution in [3.8, 4) is 0 Å². The molecule has 3 rings (SSSR count). The number of ether oxygens (including phenoxy) is 2. The molecule has 0 spiro atoms. The van der Waals surface area contributed by atoms with Gasteiger partial charge in [0.25, 0.3) is 0 Å². The van der Waals surface area contributed by atoms with E-state index in [2.05, 4.69) is 10.6 Å². The molecular formula is C24H28N2O5S2. The van der Waals surface area contributed by atoms with Crippen molar-refractivity contribution in [2.45, 2.75) is 51.4 Å². The van der Waals surface area contributed by atoms with E-state index in [-0.39, 0.29) is 18.0 Å². The number of thiocarbonyl (C=S) groups is 1. The first-order chi connectivity index (χ1) is 16.0. The van der Waals surface area contributed by atoms with Gasteiger partial charge in [-0.2, -0.15) is 0 Å². The van der Waals surface area contributed by atoms with Gasteiger partial charge in [-0.15, -0.1) is 11.3 Å². The monoisotopic (exact) mass is 488 g/mol. The molecule has 0 unspecified atom stereocenters. The van der Waals surface area contributed by atoms with E-state index in [1.165, 1.54) is 24.0 Å². The van der Waals surface area contributed by atoms with Crippen LogP contribution in [0.2, 0.25) is 0 Å². The number of hydrogen-bond acceptors (Lipinski definition) is 7. The molecule has 2 aromatic rings. The highest BCUT2D eigenvalue weighted by molar-refractivity contribution is 7.80. The molecule has 1 aromatic carbocycles. The lowest BCUT2D eigenvalue weighted by molar-refractivity contribution is -0.145. The molecule has 0 bridgehead atoms. The van der Waals surface area contributed by atoms with Crippen molar-refractivity contribution in [2.75, 3.05) is 19.0 Å². The molecule has 2 N–H and O–H groups in total. The van der Waals surface area contributed by atoms with Crippen molar-refractivity contribution in [1.82, 2.24) is 5.32 Å². The second-order valence-electron chi connectivity index (χ2n) is 7.72. The summed E-state index contributed by atoms with van der Waals surface area (Å²) in [6, 6.07) is 9.97. The summed E-state index contributed by atoms with van der Waals surface area (Å²) in [5.74, 6) is -1.23. The minimum Gasteiger partial charge on any atom is -0.466 e. The van der Waals surface area contributed by atoms with Crippen molar-refractivity contribution < 1.29 is 23.9 Å². The molecule has 0 radical (unpaired) electrons. The maximum Gasteiger partial charge on any atom is 0.341 e. The third-order valence-corrected chi connectivity index (χ3v) is 6.72. The average molecular weight is 489 g/mol. The van der Waals surface area contributed by atoms with Gasteiger partial charge in [0.2, 0.25) is 5.91 Å². The predicted molar refractivity (Wildman–Crippen MR) is 132 cm³/mol. The van der Waals surface area contributed by atoms with Crippen LogP contribution in [0.4, 0.5) is 5.00 Å². The van der Waals surface area contributed by atoms with Crippen molar-refractivity contribution in [1.29, 1.82) is 0 Å². The largest absolute Gasteiger partial charge is 0.466 e. The fourth-order valence-corrected chi connectivity index (χ4v) is 5.25. The number of anilines is 1. The number of methoxy groups -OCH3 is 1. The Balaban J connectivity index is 1.41. The third-order valence-electron chi connectivity index (χ3n) is 5.31. The lowest BCUT2D eigenvalue weighted by Crippen LogP contribution is -2.34. The van der Waals surface area contributed by atoms with Gasteiger partial charge in [-0.25, -0.2) is 4.79 Å². The zero-order chi connectivity index (χ0) is 23.6. The van der Waals surface area contributed by atoms with Crippen molar-refractivity contribution in [2.24, 2.45) is 0 Å². The summed E-state index contributed by atoms with van der Waals surface area (Å²) in [7, 11) is 1.35. The van der Waals surface area contributed by atoms with E-state index in [0.717, 1.165) is 49.0 Å². The lowest BCUT2D eigenvalue weighted by atomic mass is 9.95. The Morgan fingerprint density at radius 3 is 2.61 bits per heavy atom. The van der Waals surface area contributed by atoms with E-state index in [4.69, 9.17) is 21.7 Å². The fraction of sp³-hybridized carbons (Fsp3) is 0.417. The number of thiophene rings is 1. The molecule has 0 atom stereocenters. The second kappa shape index (κ2) is 12.5. The van der Waals surface area contributed by atoms with Crippen LogP contribution < -0.4 is 10.6 Å². The fourth-order valence-electron chi connectivity index (χ4n) is 3.69. The van der Waals surface area contributed by atoms with Crippen LogP contribution in [0.3, 0.4) is 0 Å². The Kier molecular flexibility index (Phi) is 9.38. The molecule has 0 saturated heterocycles. The van der Waals surface area contributed by atoms with E-state index in [1.54, 1.807) is 0 Å². The molecule has 1 amide bonds. The summed E-state index contributed by atoms with van der Waals surface area (Å²) in [6.07, 6.45) is 5.33. The highest BCUT2D eigenvalue weighted by Crippen LogP contribution is 2.38. The average Bonchev–Trinajstić information content (AvgIpc) is 3.18. The first-order valence-corrected chi connectivity index (χ1v) is 12.2. The van der Waals surface area contributed by atoms with Gasteiger partial charge >= 0.3 is 11.9 Å². The van der Waals surface area contributed by atoms with E-state index in [0.29, 0.717) is 17.2 Å². The van der Waals surface area contributed by atoms with Crippen molar-refractivity contribution in [3.63, 3.8) is 0 Å². The predicted octanol–water partition coefficient (Wildman–Crippen LogP) is 4.18. The third kappa shape index (κ3) is 7.36. The number of esters is 2. The minimum atomic E-state index is -0.420. The number of benzene rings is 1. The van der Waals surface area contributed by atoms with Gasteiger partial charge in [0.05, 0.1) is 25.7 Å². The standard InChI is InChI=1S/C24H28N2O5S2/c1-30-23(29)21-17-11-5-6-12-18(17)33-22(21)26-24(32)25-19(27)13-14-20(28)31-15-7-10-16-8-3-2-4-9-16/h2-4,8-9H,5-7,10-15H2,1H3,(H2,25,26,27,32). The molecule has 9 heteroatoms. The van der Waals surface area contributed by atoms with Crippen LogP contribution in [0.1, 0.15) is 58.5 Å². The molecule has 7 nitrogen and oxygen atoms in total. The number of rotatable bonds is 9. The highest BCUT2D eigenvalue weighted by Gasteiger charge is 2.26. The van der Waals surface area contributed by atoms with Crippen LogP contribution in [-0.4, -0.2) is 36.7 Å². The molecule has 1 heterocycles. The van der Waals surface area contributed by atoms with Crippen LogP contribution in [0.5, 0.6) is 0 Å².